The van der Waals surface area contributed by atoms with Gasteiger partial charge >= 0.3 is 44.8 Å². The van der Waals surface area contributed by atoms with Crippen molar-refractivity contribution < 1.29 is 44.8 Å². The quantitative estimate of drug-likeness (QED) is 0.0512. The summed E-state index contributed by atoms with van der Waals surface area (Å²) in [4.78, 5) is 0. The molecule has 0 amide bonds. The van der Waals surface area contributed by atoms with E-state index >= 15 is 0 Å². The summed E-state index contributed by atoms with van der Waals surface area (Å²) in [7, 11) is -2.28. The van der Waals surface area contributed by atoms with Crippen molar-refractivity contribution in [1.29, 1.82) is 0 Å². The van der Waals surface area contributed by atoms with Crippen molar-refractivity contribution >= 4 is 90.8 Å². The molecule has 0 aromatic heterocycles. The van der Waals surface area contributed by atoms with Crippen LogP contribution in [0.2, 0.25) is 0 Å². The summed E-state index contributed by atoms with van der Waals surface area (Å²) in [6, 6.07) is 86.3. The average Bonchev–Trinajstić information content (AvgIpc) is 3.39. The van der Waals surface area contributed by atoms with Gasteiger partial charge in [-0.2, -0.15) is 0 Å². The molecular weight excluding hydrogens is 1220 g/mol. The average molecular weight is 1270 g/mol. The van der Waals surface area contributed by atoms with Gasteiger partial charge in [0, 0.05) is 0 Å². The van der Waals surface area contributed by atoms with Gasteiger partial charge in [-0.05, 0) is 107 Å². The zero-order valence-electron chi connectivity index (χ0n) is 37.7. The molecule has 0 saturated heterocycles. The van der Waals surface area contributed by atoms with Gasteiger partial charge in [-0.3, -0.25) is 11.8 Å². The zero-order valence-corrected chi connectivity index (χ0v) is 44.0. The SMILES string of the molecule is [Au+].[Au+].[C-]#Cc1c2ccccc2c(C)c2ccccc12.[C-]#Cc1c2ccccc2c(C)c2ccccc12.c1ccc([PH+](c2ccccc2)c2ccccc2[PH+](c2ccccc2)c2ccccc2)cc1. The van der Waals surface area contributed by atoms with Gasteiger partial charge in [-0.25, -0.2) is 0 Å². The molecule has 0 radical (unpaired) electrons. The van der Waals surface area contributed by atoms with Gasteiger partial charge in [-0.15, -0.1) is 11.1 Å². The van der Waals surface area contributed by atoms with Crippen LogP contribution < -0.4 is 31.8 Å². The summed E-state index contributed by atoms with van der Waals surface area (Å²) < 4.78 is 0. The van der Waals surface area contributed by atoms with E-state index < -0.39 is 15.8 Å². The van der Waals surface area contributed by atoms with E-state index in [1.54, 1.807) is 0 Å². The minimum Gasteiger partial charge on any atom is -0.366 e. The number of benzene rings is 11. The van der Waals surface area contributed by atoms with Crippen LogP contribution in [0.15, 0.2) is 243 Å². The first kappa shape index (κ1) is 49.8. The van der Waals surface area contributed by atoms with Crippen LogP contribution >= 0.6 is 15.8 Å². The molecule has 68 heavy (non-hydrogen) atoms. The minimum absolute atomic E-state index is 0. The van der Waals surface area contributed by atoms with Gasteiger partial charge in [0.15, 0.2) is 0 Å². The number of hydrogen-bond donors (Lipinski definition) is 0. The second-order valence-corrected chi connectivity index (χ2v) is 21.1. The van der Waals surface area contributed by atoms with Crippen molar-refractivity contribution in [3.8, 4) is 11.8 Å². The Hall–Kier alpha value is -6.08. The standard InChI is InChI=1S/C30H24P2.2C17H11.2Au/c1-5-15-25(16-6-1)31(26-17-7-2-8-18-26)29-23-13-14-24-30(29)32(27-19-9-3-10-20-27)28-21-11-4-12-22-28;2*1-3-13-16-10-6-4-8-14(16)12(2)15-9-5-7-11-17(13)15;;/h1-24H;2*4-11H,2H3;;/q;2*-1;2*+1/p+2. The smallest absolute Gasteiger partial charge is 0.366 e. The number of fused-ring (bicyclic) bond motifs is 4. The van der Waals surface area contributed by atoms with Gasteiger partial charge < -0.3 is 12.8 Å². The van der Waals surface area contributed by atoms with E-state index in [9.17, 15) is 0 Å². The van der Waals surface area contributed by atoms with Gasteiger partial charge in [0.25, 0.3) is 0 Å². The van der Waals surface area contributed by atoms with E-state index in [0.717, 1.165) is 32.7 Å². The molecule has 0 N–H and O–H groups in total. The molecule has 0 aliphatic rings. The molecule has 0 unspecified atom stereocenters. The topological polar surface area (TPSA) is 0 Å². The molecular formula is C64H48Au2P2+2. The van der Waals surface area contributed by atoms with Crippen LogP contribution in [0, 0.1) is 38.5 Å². The van der Waals surface area contributed by atoms with E-state index in [2.05, 4.69) is 220 Å². The number of hydrogen-bond acceptors (Lipinski definition) is 0. The van der Waals surface area contributed by atoms with Gasteiger partial charge in [0.1, 0.15) is 47.7 Å². The molecule has 334 valence electrons. The largest absolute Gasteiger partial charge is 1.00 e. The van der Waals surface area contributed by atoms with Crippen LogP contribution in [0.3, 0.4) is 0 Å². The predicted octanol–water partition coefficient (Wildman–Crippen LogP) is 13.1. The summed E-state index contributed by atoms with van der Waals surface area (Å²) >= 11 is 0. The maximum Gasteiger partial charge on any atom is 1.00 e. The van der Waals surface area contributed by atoms with E-state index in [0.29, 0.717) is 0 Å². The minimum atomic E-state index is -1.14. The molecule has 0 aliphatic heterocycles. The third kappa shape index (κ3) is 10.5. The van der Waals surface area contributed by atoms with Crippen LogP contribution in [0.25, 0.3) is 43.1 Å². The Balaban J connectivity index is 0.000000161. The van der Waals surface area contributed by atoms with E-state index in [4.69, 9.17) is 12.8 Å². The van der Waals surface area contributed by atoms with Crippen molar-refractivity contribution in [3.63, 3.8) is 0 Å². The van der Waals surface area contributed by atoms with Crippen LogP contribution in [0.1, 0.15) is 22.3 Å². The van der Waals surface area contributed by atoms with Crippen molar-refractivity contribution in [1.82, 2.24) is 0 Å². The molecule has 0 bridgehead atoms. The summed E-state index contributed by atoms with van der Waals surface area (Å²) in [5, 5.41) is 18.0. The summed E-state index contributed by atoms with van der Waals surface area (Å²) in [5.41, 5.74) is 4.33. The van der Waals surface area contributed by atoms with Crippen molar-refractivity contribution in [2.45, 2.75) is 13.8 Å². The Bertz CT molecular complexity index is 3090. The molecule has 0 heterocycles. The number of aryl methyl sites for hydroxylation is 2. The first-order chi connectivity index (χ1) is 32.6. The first-order valence-electron chi connectivity index (χ1n) is 22.3. The van der Waals surface area contributed by atoms with Crippen molar-refractivity contribution in [2.24, 2.45) is 0 Å². The van der Waals surface area contributed by atoms with Crippen LogP contribution in [-0.2, 0) is 44.8 Å². The summed E-state index contributed by atoms with van der Waals surface area (Å²) in [6.45, 7) is 4.27. The van der Waals surface area contributed by atoms with E-state index in [1.165, 1.54) is 64.5 Å². The maximum absolute atomic E-state index is 7.53. The molecule has 11 aromatic rings. The summed E-state index contributed by atoms with van der Waals surface area (Å²) in [5.74, 6) is 5.18. The van der Waals surface area contributed by atoms with Gasteiger partial charge in [0.05, 0.1) is 0 Å². The summed E-state index contributed by atoms with van der Waals surface area (Å²) in [6.07, 6.45) is 15.1. The Morgan fingerprint density at radius 3 is 0.676 bits per heavy atom. The molecule has 0 saturated carbocycles. The Labute approximate surface area is 435 Å². The zero-order chi connectivity index (χ0) is 45.2. The maximum atomic E-state index is 7.53. The second-order valence-electron chi connectivity index (χ2n) is 16.2. The van der Waals surface area contributed by atoms with Gasteiger partial charge in [-0.1, -0.05) is 204 Å². The Kier molecular flexibility index (Phi) is 17.4. The van der Waals surface area contributed by atoms with Crippen molar-refractivity contribution in [2.75, 3.05) is 0 Å². The third-order valence-corrected chi connectivity index (χ3v) is 18.2. The molecule has 4 heteroatoms. The first-order valence-corrected chi connectivity index (χ1v) is 25.3. The molecule has 11 rings (SSSR count). The van der Waals surface area contributed by atoms with Crippen LogP contribution in [0.4, 0.5) is 0 Å². The van der Waals surface area contributed by atoms with Crippen molar-refractivity contribution in [3.05, 3.63) is 278 Å². The monoisotopic (exact) mass is 1270 g/mol. The Morgan fingerprint density at radius 1 is 0.265 bits per heavy atom. The fraction of sp³-hybridized carbons (Fsp3) is 0.0312. The molecule has 0 nitrogen and oxygen atoms in total. The molecule has 0 fully saturated rings. The van der Waals surface area contributed by atoms with Crippen LogP contribution in [-0.4, -0.2) is 0 Å². The fourth-order valence-corrected chi connectivity index (χ4v) is 15.3. The molecule has 11 aromatic carbocycles. The van der Waals surface area contributed by atoms with E-state index in [-0.39, 0.29) is 44.8 Å². The normalized spacial score (nSPS) is 10.5. The molecule has 0 aliphatic carbocycles. The fourth-order valence-electron chi connectivity index (χ4n) is 9.26. The predicted molar refractivity (Wildman–Crippen MR) is 291 cm³/mol. The second kappa shape index (κ2) is 23.8. The Morgan fingerprint density at radius 2 is 0.456 bits per heavy atom. The van der Waals surface area contributed by atoms with E-state index in [1.807, 2.05) is 48.5 Å². The molecule has 0 atom stereocenters. The molecule has 0 spiro atoms. The van der Waals surface area contributed by atoms with Gasteiger partial charge in [0.2, 0.25) is 0 Å². The third-order valence-electron chi connectivity index (χ3n) is 12.4. The number of rotatable bonds is 6. The van der Waals surface area contributed by atoms with Crippen LogP contribution in [0.5, 0.6) is 0 Å².